The highest BCUT2D eigenvalue weighted by molar-refractivity contribution is 5.88. The summed E-state index contributed by atoms with van der Waals surface area (Å²) in [5.74, 6) is -0.00402. The van der Waals surface area contributed by atoms with Gasteiger partial charge < -0.3 is 5.32 Å². The van der Waals surface area contributed by atoms with E-state index < -0.39 is 0 Å². The Morgan fingerprint density at radius 2 is 1.85 bits per heavy atom. The Morgan fingerprint density at radius 3 is 2.65 bits per heavy atom. The molecule has 0 heterocycles. The Balaban J connectivity index is 1.64. The van der Waals surface area contributed by atoms with Crippen LogP contribution in [0.4, 0.5) is 0 Å². The van der Waals surface area contributed by atoms with E-state index in [1.807, 2.05) is 24.3 Å². The molecule has 1 aliphatic rings. The maximum Gasteiger partial charge on any atom is 0.244 e. The molecule has 2 nitrogen and oxygen atoms in total. The molecule has 2 aromatic carbocycles. The third kappa shape index (κ3) is 3.35. The minimum absolute atomic E-state index is 0.00402. The van der Waals surface area contributed by atoms with Crippen LogP contribution in [0.3, 0.4) is 0 Å². The first-order valence-electron chi connectivity index (χ1n) is 6.95. The number of hydrogen-bond acceptors (Lipinski definition) is 1. The summed E-state index contributed by atoms with van der Waals surface area (Å²) in [6.45, 7) is 0. The molecule has 0 atom stereocenters. The molecule has 1 amide bonds. The van der Waals surface area contributed by atoms with E-state index in [9.17, 15) is 4.79 Å². The van der Waals surface area contributed by atoms with Gasteiger partial charge in [-0.1, -0.05) is 54.6 Å². The monoisotopic (exact) mass is 263 g/mol. The van der Waals surface area contributed by atoms with Crippen molar-refractivity contribution in [2.75, 3.05) is 0 Å². The first kappa shape index (κ1) is 12.7. The highest BCUT2D eigenvalue weighted by Gasteiger charge is 2.21. The summed E-state index contributed by atoms with van der Waals surface area (Å²) in [4.78, 5) is 11.4. The number of rotatable bonds is 4. The Morgan fingerprint density at radius 1 is 1.05 bits per heavy atom. The van der Waals surface area contributed by atoms with Gasteiger partial charge in [-0.2, -0.15) is 0 Å². The molecule has 20 heavy (non-hydrogen) atoms. The van der Waals surface area contributed by atoms with Crippen molar-refractivity contribution in [2.45, 2.75) is 18.9 Å². The van der Waals surface area contributed by atoms with Crippen LogP contribution < -0.4 is 5.32 Å². The van der Waals surface area contributed by atoms with Gasteiger partial charge in [0.2, 0.25) is 5.91 Å². The van der Waals surface area contributed by atoms with Crippen LogP contribution in [0.2, 0.25) is 0 Å². The maximum absolute atomic E-state index is 11.4. The molecule has 1 saturated carbocycles. The van der Waals surface area contributed by atoms with Crippen LogP contribution in [0.25, 0.3) is 16.8 Å². The summed E-state index contributed by atoms with van der Waals surface area (Å²) in [6, 6.07) is 15.0. The summed E-state index contributed by atoms with van der Waals surface area (Å²) in [5.41, 5.74) is 1.14. The predicted molar refractivity (Wildman–Crippen MR) is 83.3 cm³/mol. The summed E-state index contributed by atoms with van der Waals surface area (Å²) >= 11 is 0. The van der Waals surface area contributed by atoms with Crippen molar-refractivity contribution in [1.29, 1.82) is 0 Å². The maximum atomic E-state index is 11.4. The van der Waals surface area contributed by atoms with Crippen molar-refractivity contribution in [3.05, 3.63) is 66.3 Å². The largest absolute Gasteiger partial charge is 0.350 e. The van der Waals surface area contributed by atoms with Gasteiger partial charge >= 0.3 is 0 Å². The van der Waals surface area contributed by atoms with Gasteiger partial charge in [0, 0.05) is 12.1 Å². The molecule has 2 heteroatoms. The molecule has 100 valence electrons. The minimum atomic E-state index is -0.00402. The van der Waals surface area contributed by atoms with E-state index in [0.29, 0.717) is 6.04 Å². The molecule has 0 aromatic heterocycles. The van der Waals surface area contributed by atoms with Crippen LogP contribution in [-0.2, 0) is 4.79 Å². The standard InChI is InChI=1S/C18H17NO/c20-18(19-17-11-12-17)8-4-1-5-14-9-10-15-6-2-3-7-16(15)13-14/h1-10,13,17H,11-12H2,(H,19,20)/b5-1+,8-4+. The van der Waals surface area contributed by atoms with Crippen molar-refractivity contribution >= 4 is 22.8 Å². The minimum Gasteiger partial charge on any atom is -0.350 e. The highest BCUT2D eigenvalue weighted by atomic mass is 16.1. The summed E-state index contributed by atoms with van der Waals surface area (Å²) in [7, 11) is 0. The van der Waals surface area contributed by atoms with Crippen molar-refractivity contribution in [3.8, 4) is 0 Å². The van der Waals surface area contributed by atoms with Gasteiger partial charge in [0.25, 0.3) is 0 Å². The summed E-state index contributed by atoms with van der Waals surface area (Å²) < 4.78 is 0. The second-order valence-electron chi connectivity index (χ2n) is 5.11. The van der Waals surface area contributed by atoms with Crippen LogP contribution in [-0.4, -0.2) is 11.9 Å². The fourth-order valence-electron chi connectivity index (χ4n) is 2.10. The molecule has 2 aromatic rings. The number of fused-ring (bicyclic) bond motifs is 1. The smallest absolute Gasteiger partial charge is 0.244 e. The number of carbonyl (C=O) groups is 1. The second-order valence-corrected chi connectivity index (χ2v) is 5.11. The Bertz CT molecular complexity index is 681. The third-order valence-electron chi connectivity index (χ3n) is 3.34. The lowest BCUT2D eigenvalue weighted by Crippen LogP contribution is -2.22. The van der Waals surface area contributed by atoms with Crippen LogP contribution in [0.15, 0.2) is 60.7 Å². The number of allylic oxidation sites excluding steroid dienone is 2. The normalized spacial score (nSPS) is 15.2. The first-order chi connectivity index (χ1) is 9.81. The number of benzene rings is 2. The molecule has 1 aliphatic carbocycles. The lowest BCUT2D eigenvalue weighted by Gasteiger charge is -1.98. The molecule has 1 N–H and O–H groups in total. The van der Waals surface area contributed by atoms with Gasteiger partial charge in [0.05, 0.1) is 0 Å². The fraction of sp³-hybridized carbons (Fsp3) is 0.167. The zero-order valence-electron chi connectivity index (χ0n) is 11.3. The Labute approximate surface area is 118 Å². The molecule has 0 bridgehead atoms. The SMILES string of the molecule is O=C(/C=C/C=C/c1ccc2ccccc2c1)NC1CC1. The number of nitrogens with one attached hydrogen (secondary N) is 1. The van der Waals surface area contributed by atoms with E-state index in [-0.39, 0.29) is 5.91 Å². The topological polar surface area (TPSA) is 29.1 Å². The van der Waals surface area contributed by atoms with E-state index in [4.69, 9.17) is 0 Å². The Kier molecular flexibility index (Phi) is 3.64. The Hall–Kier alpha value is -2.35. The molecule has 0 spiro atoms. The van der Waals surface area contributed by atoms with Crippen LogP contribution in [0.1, 0.15) is 18.4 Å². The van der Waals surface area contributed by atoms with Gasteiger partial charge in [0.15, 0.2) is 0 Å². The molecule has 3 rings (SSSR count). The van der Waals surface area contributed by atoms with Crippen molar-refractivity contribution in [2.24, 2.45) is 0 Å². The predicted octanol–water partition coefficient (Wildman–Crippen LogP) is 3.69. The van der Waals surface area contributed by atoms with Gasteiger partial charge in [-0.05, 0) is 35.2 Å². The fourth-order valence-corrected chi connectivity index (χ4v) is 2.10. The molecule has 0 unspecified atom stereocenters. The van der Waals surface area contributed by atoms with Crippen molar-refractivity contribution in [1.82, 2.24) is 5.32 Å². The van der Waals surface area contributed by atoms with Gasteiger partial charge in [-0.3, -0.25) is 4.79 Å². The van der Waals surface area contributed by atoms with Gasteiger partial charge in [-0.25, -0.2) is 0 Å². The van der Waals surface area contributed by atoms with E-state index in [0.717, 1.165) is 18.4 Å². The summed E-state index contributed by atoms with van der Waals surface area (Å²) in [5, 5.41) is 5.38. The molecule has 0 saturated heterocycles. The number of amides is 1. The molecular weight excluding hydrogens is 246 g/mol. The van der Waals surface area contributed by atoms with Crippen LogP contribution in [0, 0.1) is 0 Å². The van der Waals surface area contributed by atoms with E-state index in [1.54, 1.807) is 12.2 Å². The molecule has 0 radical (unpaired) electrons. The zero-order chi connectivity index (χ0) is 13.8. The van der Waals surface area contributed by atoms with Crippen molar-refractivity contribution < 1.29 is 4.79 Å². The van der Waals surface area contributed by atoms with Crippen LogP contribution in [0.5, 0.6) is 0 Å². The third-order valence-corrected chi connectivity index (χ3v) is 3.34. The van der Waals surface area contributed by atoms with Crippen LogP contribution >= 0.6 is 0 Å². The van der Waals surface area contributed by atoms with E-state index >= 15 is 0 Å². The van der Waals surface area contributed by atoms with Gasteiger partial charge in [-0.15, -0.1) is 0 Å². The molecule has 1 fully saturated rings. The number of carbonyl (C=O) groups excluding carboxylic acids is 1. The lowest BCUT2D eigenvalue weighted by molar-refractivity contribution is -0.116. The average Bonchev–Trinajstić information content (AvgIpc) is 3.27. The molecule has 0 aliphatic heterocycles. The lowest BCUT2D eigenvalue weighted by atomic mass is 10.1. The first-order valence-corrected chi connectivity index (χ1v) is 6.95. The number of hydrogen-bond donors (Lipinski definition) is 1. The van der Waals surface area contributed by atoms with E-state index in [2.05, 4.69) is 35.6 Å². The quantitative estimate of drug-likeness (QED) is 0.661. The summed E-state index contributed by atoms with van der Waals surface area (Å²) in [6.07, 6.45) is 9.51. The van der Waals surface area contributed by atoms with E-state index in [1.165, 1.54) is 10.8 Å². The second kappa shape index (κ2) is 5.74. The van der Waals surface area contributed by atoms with Gasteiger partial charge in [0.1, 0.15) is 0 Å². The highest BCUT2D eigenvalue weighted by Crippen LogP contribution is 2.18. The van der Waals surface area contributed by atoms with Crippen molar-refractivity contribution in [3.63, 3.8) is 0 Å². The average molecular weight is 263 g/mol. The molecular formula is C18H17NO. The zero-order valence-corrected chi connectivity index (χ0v) is 11.3.